The van der Waals surface area contributed by atoms with Crippen molar-refractivity contribution in [1.82, 2.24) is 0 Å². The zero-order valence-electron chi connectivity index (χ0n) is 8.49. The molecular formula is C10H19O. The molecule has 0 rings (SSSR count). The Hall–Kier alpha value is -0.330. The molecule has 0 unspecified atom stereocenters. The van der Waals surface area contributed by atoms with E-state index in [1.807, 2.05) is 0 Å². The fourth-order valence-corrected chi connectivity index (χ4v) is 1.48. The van der Waals surface area contributed by atoms with Crippen molar-refractivity contribution in [3.05, 3.63) is 5.92 Å². The van der Waals surface area contributed by atoms with Gasteiger partial charge in [-0.2, -0.15) is 0 Å². The van der Waals surface area contributed by atoms with Gasteiger partial charge in [-0.1, -0.05) is 41.5 Å². The molecule has 1 nitrogen and oxygen atoms in total. The van der Waals surface area contributed by atoms with E-state index in [-0.39, 0.29) is 10.8 Å². The highest BCUT2D eigenvalue weighted by molar-refractivity contribution is 5.72. The van der Waals surface area contributed by atoms with Gasteiger partial charge in [-0.25, -0.2) is 0 Å². The largest absolute Gasteiger partial charge is 0.303 e. The lowest BCUT2D eigenvalue weighted by atomic mass is 9.67. The fourth-order valence-electron chi connectivity index (χ4n) is 1.48. The standard InChI is InChI=1S/C10H19O/c1-9(2,3)8(7-11)10(4,5)6/h7H,1-6H3. The average molecular weight is 155 g/mol. The molecule has 0 aromatic rings. The zero-order valence-corrected chi connectivity index (χ0v) is 8.49. The van der Waals surface area contributed by atoms with Gasteiger partial charge in [0.05, 0.1) is 0 Å². The van der Waals surface area contributed by atoms with Crippen LogP contribution in [0, 0.1) is 16.7 Å². The van der Waals surface area contributed by atoms with Crippen LogP contribution >= 0.6 is 0 Å². The Kier molecular flexibility index (Phi) is 2.87. The summed E-state index contributed by atoms with van der Waals surface area (Å²) in [4.78, 5) is 10.8. The Labute approximate surface area is 70.2 Å². The summed E-state index contributed by atoms with van der Waals surface area (Å²) in [5.74, 6) is 0.977. The van der Waals surface area contributed by atoms with Gasteiger partial charge in [0.1, 0.15) is 6.29 Å². The SMILES string of the molecule is CC(C)(C)[C](C=O)C(C)(C)C. The lowest BCUT2D eigenvalue weighted by Crippen LogP contribution is -2.31. The number of hydrogen-bond acceptors (Lipinski definition) is 1. The number of carbonyl (C=O) groups is 1. The summed E-state index contributed by atoms with van der Waals surface area (Å²) in [6.45, 7) is 12.4. The summed E-state index contributed by atoms with van der Waals surface area (Å²) in [7, 11) is 0. The van der Waals surface area contributed by atoms with Gasteiger partial charge >= 0.3 is 0 Å². The maximum Gasteiger partial charge on any atom is 0.128 e. The summed E-state index contributed by atoms with van der Waals surface area (Å²) in [5.41, 5.74) is 0. The van der Waals surface area contributed by atoms with Crippen LogP contribution in [0.15, 0.2) is 0 Å². The quantitative estimate of drug-likeness (QED) is 0.532. The van der Waals surface area contributed by atoms with Crippen molar-refractivity contribution in [3.63, 3.8) is 0 Å². The highest BCUT2D eigenvalue weighted by Gasteiger charge is 2.34. The van der Waals surface area contributed by atoms with E-state index in [1.54, 1.807) is 0 Å². The van der Waals surface area contributed by atoms with E-state index < -0.39 is 0 Å². The molecule has 0 aromatic carbocycles. The summed E-state index contributed by atoms with van der Waals surface area (Å²) >= 11 is 0. The average Bonchev–Trinajstić information content (AvgIpc) is 1.56. The Bertz CT molecular complexity index is 120. The Morgan fingerprint density at radius 1 is 0.909 bits per heavy atom. The second-order valence-electron chi connectivity index (χ2n) is 5.03. The van der Waals surface area contributed by atoms with E-state index in [0.717, 1.165) is 12.2 Å². The van der Waals surface area contributed by atoms with Crippen LogP contribution in [0.1, 0.15) is 41.5 Å². The van der Waals surface area contributed by atoms with Crippen LogP contribution in [0.2, 0.25) is 0 Å². The minimum absolute atomic E-state index is 0. The predicted molar refractivity (Wildman–Crippen MR) is 48.2 cm³/mol. The monoisotopic (exact) mass is 155 g/mol. The van der Waals surface area contributed by atoms with Gasteiger partial charge in [0.15, 0.2) is 0 Å². The summed E-state index contributed by atoms with van der Waals surface area (Å²) < 4.78 is 0. The zero-order chi connectivity index (χ0) is 9.28. The molecule has 1 heteroatoms. The molecule has 65 valence electrons. The van der Waals surface area contributed by atoms with Crippen LogP contribution in [-0.2, 0) is 4.79 Å². The smallest absolute Gasteiger partial charge is 0.128 e. The molecular weight excluding hydrogens is 136 g/mol. The minimum atomic E-state index is 0. The molecule has 0 aromatic heterocycles. The Morgan fingerprint density at radius 3 is 1.18 bits per heavy atom. The molecule has 0 aliphatic carbocycles. The predicted octanol–water partition coefficient (Wildman–Crippen LogP) is 2.85. The second-order valence-corrected chi connectivity index (χ2v) is 5.03. The highest BCUT2D eigenvalue weighted by Crippen LogP contribution is 2.39. The molecule has 0 heterocycles. The molecule has 0 fully saturated rings. The van der Waals surface area contributed by atoms with Gasteiger partial charge in [0.2, 0.25) is 0 Å². The van der Waals surface area contributed by atoms with E-state index in [4.69, 9.17) is 0 Å². The van der Waals surface area contributed by atoms with Gasteiger partial charge in [-0.15, -0.1) is 0 Å². The molecule has 0 atom stereocenters. The summed E-state index contributed by atoms with van der Waals surface area (Å²) in [6, 6.07) is 0. The second kappa shape index (κ2) is 2.96. The lowest BCUT2D eigenvalue weighted by Gasteiger charge is -2.35. The summed E-state index contributed by atoms with van der Waals surface area (Å²) in [5, 5.41) is 0. The van der Waals surface area contributed by atoms with Crippen LogP contribution in [0.25, 0.3) is 0 Å². The Morgan fingerprint density at radius 2 is 1.18 bits per heavy atom. The van der Waals surface area contributed by atoms with Crippen molar-refractivity contribution in [2.45, 2.75) is 41.5 Å². The van der Waals surface area contributed by atoms with Crippen LogP contribution in [-0.4, -0.2) is 6.29 Å². The first kappa shape index (κ1) is 10.7. The van der Waals surface area contributed by atoms with E-state index in [0.29, 0.717) is 0 Å². The van der Waals surface area contributed by atoms with Crippen molar-refractivity contribution in [2.75, 3.05) is 0 Å². The third-order valence-electron chi connectivity index (χ3n) is 1.73. The third kappa shape index (κ3) is 3.04. The van der Waals surface area contributed by atoms with E-state index in [1.165, 1.54) is 0 Å². The van der Waals surface area contributed by atoms with E-state index in [9.17, 15) is 4.79 Å². The van der Waals surface area contributed by atoms with Crippen molar-refractivity contribution in [3.8, 4) is 0 Å². The van der Waals surface area contributed by atoms with Gasteiger partial charge in [0, 0.05) is 5.92 Å². The molecule has 0 saturated carbocycles. The first-order chi connectivity index (χ1) is 4.69. The Balaban J connectivity index is 4.56. The van der Waals surface area contributed by atoms with Crippen molar-refractivity contribution < 1.29 is 4.79 Å². The molecule has 0 aliphatic heterocycles. The molecule has 0 spiro atoms. The molecule has 0 saturated heterocycles. The van der Waals surface area contributed by atoms with Crippen LogP contribution in [0.5, 0.6) is 0 Å². The fraction of sp³-hybridized carbons (Fsp3) is 0.800. The minimum Gasteiger partial charge on any atom is -0.303 e. The normalized spacial score (nSPS) is 13.7. The molecule has 11 heavy (non-hydrogen) atoms. The molecule has 0 N–H and O–H groups in total. The topological polar surface area (TPSA) is 17.1 Å². The number of carbonyl (C=O) groups excluding carboxylic acids is 1. The number of hydrogen-bond donors (Lipinski definition) is 0. The van der Waals surface area contributed by atoms with Crippen molar-refractivity contribution in [2.24, 2.45) is 10.8 Å². The van der Waals surface area contributed by atoms with Crippen molar-refractivity contribution >= 4 is 6.29 Å². The van der Waals surface area contributed by atoms with Crippen LogP contribution < -0.4 is 0 Å². The molecule has 0 bridgehead atoms. The molecule has 1 radical (unpaired) electrons. The van der Waals surface area contributed by atoms with E-state index in [2.05, 4.69) is 41.5 Å². The summed E-state index contributed by atoms with van der Waals surface area (Å²) in [6.07, 6.45) is 1.000. The highest BCUT2D eigenvalue weighted by atomic mass is 16.1. The maximum absolute atomic E-state index is 10.8. The van der Waals surface area contributed by atoms with E-state index >= 15 is 0 Å². The van der Waals surface area contributed by atoms with Crippen molar-refractivity contribution in [1.29, 1.82) is 0 Å². The maximum atomic E-state index is 10.8. The van der Waals surface area contributed by atoms with Crippen LogP contribution in [0.3, 0.4) is 0 Å². The van der Waals surface area contributed by atoms with Gasteiger partial charge in [-0.3, -0.25) is 0 Å². The third-order valence-corrected chi connectivity index (χ3v) is 1.73. The molecule has 0 amide bonds. The number of aldehydes is 1. The van der Waals surface area contributed by atoms with Gasteiger partial charge in [-0.05, 0) is 10.8 Å². The molecule has 0 aliphatic rings. The van der Waals surface area contributed by atoms with Gasteiger partial charge in [0.25, 0.3) is 0 Å². The first-order valence-corrected chi connectivity index (χ1v) is 4.02. The van der Waals surface area contributed by atoms with Crippen LogP contribution in [0.4, 0.5) is 0 Å². The lowest BCUT2D eigenvalue weighted by molar-refractivity contribution is -0.109. The first-order valence-electron chi connectivity index (χ1n) is 4.02. The van der Waals surface area contributed by atoms with Gasteiger partial charge < -0.3 is 4.79 Å². The number of rotatable bonds is 1.